The molecular weight excluding hydrogens is 307 g/mol. The minimum Gasteiger partial charge on any atom is -0.379 e. The lowest BCUT2D eigenvalue weighted by Gasteiger charge is -2.21. The lowest BCUT2D eigenvalue weighted by atomic mass is 10.1. The van der Waals surface area contributed by atoms with Crippen molar-refractivity contribution in [1.82, 2.24) is 10.5 Å². The Labute approximate surface area is 131 Å². The van der Waals surface area contributed by atoms with Crippen molar-refractivity contribution in [3.8, 4) is 0 Å². The molecule has 0 spiro atoms. The summed E-state index contributed by atoms with van der Waals surface area (Å²) >= 11 is 1.21. The molecule has 0 radical (unpaired) electrons. The molecule has 2 aromatic rings. The molecule has 0 aliphatic rings. The van der Waals surface area contributed by atoms with Crippen LogP contribution in [0.3, 0.4) is 0 Å². The standard InChI is InChI=1S/C15H17FN2O3S/c1-10-6-12(21-18-10)8-17-14(19)15(2,20)9-22-13-5-3-4-11(16)7-13/h3-7,20H,8-9H2,1-2H3,(H,17,19). The Morgan fingerprint density at radius 3 is 2.91 bits per heavy atom. The maximum atomic E-state index is 13.1. The van der Waals surface area contributed by atoms with Crippen LogP contribution in [0.15, 0.2) is 39.8 Å². The van der Waals surface area contributed by atoms with Gasteiger partial charge in [-0.15, -0.1) is 11.8 Å². The fraction of sp³-hybridized carbons (Fsp3) is 0.333. The lowest BCUT2D eigenvalue weighted by molar-refractivity contribution is -0.136. The number of hydrogen-bond acceptors (Lipinski definition) is 5. The van der Waals surface area contributed by atoms with Gasteiger partial charge in [0.1, 0.15) is 11.4 Å². The summed E-state index contributed by atoms with van der Waals surface area (Å²) in [6.07, 6.45) is 0. The Hall–Kier alpha value is -1.86. The molecule has 0 bridgehead atoms. The number of rotatable bonds is 6. The second-order valence-corrected chi connectivity index (χ2v) is 6.19. The molecule has 1 heterocycles. The molecule has 2 rings (SSSR count). The van der Waals surface area contributed by atoms with E-state index in [4.69, 9.17) is 4.52 Å². The van der Waals surface area contributed by atoms with E-state index in [-0.39, 0.29) is 18.1 Å². The van der Waals surface area contributed by atoms with E-state index in [2.05, 4.69) is 10.5 Å². The molecule has 7 heteroatoms. The predicted octanol–water partition coefficient (Wildman–Crippen LogP) is 2.28. The first kappa shape index (κ1) is 16.5. The molecule has 1 atom stereocenters. The molecular formula is C15H17FN2O3S. The number of nitrogens with zero attached hydrogens (tertiary/aromatic N) is 1. The maximum absolute atomic E-state index is 13.1. The van der Waals surface area contributed by atoms with Gasteiger partial charge in [0.2, 0.25) is 0 Å². The topological polar surface area (TPSA) is 75.4 Å². The number of halogens is 1. The van der Waals surface area contributed by atoms with Crippen molar-refractivity contribution >= 4 is 17.7 Å². The highest BCUT2D eigenvalue weighted by Crippen LogP contribution is 2.23. The van der Waals surface area contributed by atoms with Crippen molar-refractivity contribution in [2.24, 2.45) is 0 Å². The van der Waals surface area contributed by atoms with Crippen LogP contribution >= 0.6 is 11.8 Å². The number of carbonyl (C=O) groups excluding carboxylic acids is 1. The molecule has 0 fully saturated rings. The number of aliphatic hydroxyl groups is 1. The van der Waals surface area contributed by atoms with Gasteiger partial charge in [0.25, 0.3) is 5.91 Å². The van der Waals surface area contributed by atoms with E-state index >= 15 is 0 Å². The Kier molecular flexibility index (Phi) is 5.20. The van der Waals surface area contributed by atoms with Gasteiger partial charge < -0.3 is 14.9 Å². The van der Waals surface area contributed by atoms with Gasteiger partial charge >= 0.3 is 0 Å². The van der Waals surface area contributed by atoms with Gasteiger partial charge in [-0.05, 0) is 32.0 Å². The number of carbonyl (C=O) groups is 1. The molecule has 0 saturated carbocycles. The third-order valence-corrected chi connectivity index (χ3v) is 4.20. The fourth-order valence-electron chi connectivity index (χ4n) is 1.70. The molecule has 0 aliphatic carbocycles. The molecule has 22 heavy (non-hydrogen) atoms. The second kappa shape index (κ2) is 6.93. The van der Waals surface area contributed by atoms with Gasteiger partial charge in [-0.2, -0.15) is 0 Å². The van der Waals surface area contributed by atoms with Crippen LogP contribution < -0.4 is 5.32 Å². The first-order valence-electron chi connectivity index (χ1n) is 6.68. The Morgan fingerprint density at radius 2 is 2.27 bits per heavy atom. The number of amides is 1. The summed E-state index contributed by atoms with van der Waals surface area (Å²) in [5.41, 5.74) is -0.857. The Morgan fingerprint density at radius 1 is 1.50 bits per heavy atom. The zero-order valence-corrected chi connectivity index (χ0v) is 13.1. The Bertz CT molecular complexity index is 658. The molecule has 0 aliphatic heterocycles. The number of nitrogens with one attached hydrogen (secondary N) is 1. The van der Waals surface area contributed by atoms with Crippen molar-refractivity contribution in [3.63, 3.8) is 0 Å². The van der Waals surface area contributed by atoms with Crippen LogP contribution in [0, 0.1) is 12.7 Å². The van der Waals surface area contributed by atoms with Crippen LogP contribution in [-0.4, -0.2) is 27.5 Å². The van der Waals surface area contributed by atoms with Gasteiger partial charge in [0, 0.05) is 16.7 Å². The van der Waals surface area contributed by atoms with Crippen molar-refractivity contribution in [2.45, 2.75) is 30.9 Å². The number of aryl methyl sites for hydroxylation is 1. The fourth-order valence-corrected chi connectivity index (χ4v) is 2.65. The minimum absolute atomic E-state index is 0.109. The van der Waals surface area contributed by atoms with Crippen molar-refractivity contribution < 1.29 is 18.8 Å². The average molecular weight is 324 g/mol. The van der Waals surface area contributed by atoms with Crippen LogP contribution in [0.4, 0.5) is 4.39 Å². The van der Waals surface area contributed by atoms with Crippen molar-refractivity contribution in [3.05, 3.63) is 47.6 Å². The zero-order chi connectivity index (χ0) is 16.2. The summed E-state index contributed by atoms with van der Waals surface area (Å²) < 4.78 is 18.1. The first-order valence-corrected chi connectivity index (χ1v) is 7.66. The van der Waals surface area contributed by atoms with Crippen molar-refractivity contribution in [1.29, 1.82) is 0 Å². The van der Waals surface area contributed by atoms with Gasteiger partial charge in [-0.25, -0.2) is 4.39 Å². The van der Waals surface area contributed by atoms with Gasteiger partial charge in [-0.1, -0.05) is 11.2 Å². The van der Waals surface area contributed by atoms with E-state index in [1.54, 1.807) is 25.1 Å². The zero-order valence-electron chi connectivity index (χ0n) is 12.3. The maximum Gasteiger partial charge on any atom is 0.252 e. The smallest absolute Gasteiger partial charge is 0.252 e. The van der Waals surface area contributed by atoms with E-state index in [1.165, 1.54) is 30.8 Å². The van der Waals surface area contributed by atoms with Crippen LogP contribution in [-0.2, 0) is 11.3 Å². The summed E-state index contributed by atoms with van der Waals surface area (Å²) in [5.74, 6) is -0.253. The monoisotopic (exact) mass is 324 g/mol. The quantitative estimate of drug-likeness (QED) is 0.797. The van der Waals surface area contributed by atoms with Gasteiger partial charge in [-0.3, -0.25) is 4.79 Å². The van der Waals surface area contributed by atoms with E-state index in [9.17, 15) is 14.3 Å². The van der Waals surface area contributed by atoms with E-state index in [0.717, 1.165) is 5.69 Å². The first-order chi connectivity index (χ1) is 10.4. The largest absolute Gasteiger partial charge is 0.379 e. The van der Waals surface area contributed by atoms with E-state index in [1.807, 2.05) is 0 Å². The SMILES string of the molecule is Cc1cc(CNC(=O)C(C)(O)CSc2cccc(F)c2)on1. The van der Waals surface area contributed by atoms with Gasteiger partial charge in [0.05, 0.1) is 12.2 Å². The van der Waals surface area contributed by atoms with Crippen LogP contribution in [0.5, 0.6) is 0 Å². The Balaban J connectivity index is 1.87. The van der Waals surface area contributed by atoms with Crippen LogP contribution in [0.25, 0.3) is 0 Å². The van der Waals surface area contributed by atoms with Crippen molar-refractivity contribution in [2.75, 3.05) is 5.75 Å². The molecule has 1 aromatic heterocycles. The van der Waals surface area contributed by atoms with Crippen LogP contribution in [0.2, 0.25) is 0 Å². The number of benzene rings is 1. The predicted molar refractivity (Wildman–Crippen MR) is 80.8 cm³/mol. The highest BCUT2D eigenvalue weighted by molar-refractivity contribution is 7.99. The molecule has 1 unspecified atom stereocenters. The number of hydrogen-bond donors (Lipinski definition) is 2. The molecule has 118 valence electrons. The molecule has 5 nitrogen and oxygen atoms in total. The number of thioether (sulfide) groups is 1. The minimum atomic E-state index is -1.58. The van der Waals surface area contributed by atoms with Gasteiger partial charge in [0.15, 0.2) is 5.76 Å². The van der Waals surface area contributed by atoms with Crippen LogP contribution in [0.1, 0.15) is 18.4 Å². The molecule has 2 N–H and O–H groups in total. The second-order valence-electron chi connectivity index (χ2n) is 5.14. The average Bonchev–Trinajstić information content (AvgIpc) is 2.88. The summed E-state index contributed by atoms with van der Waals surface area (Å²) in [6.45, 7) is 3.35. The summed E-state index contributed by atoms with van der Waals surface area (Å²) in [7, 11) is 0. The molecule has 1 aromatic carbocycles. The number of aromatic nitrogens is 1. The molecule has 1 amide bonds. The lowest BCUT2D eigenvalue weighted by Crippen LogP contribution is -2.46. The normalized spacial score (nSPS) is 13.6. The third-order valence-electron chi connectivity index (χ3n) is 2.91. The summed E-state index contributed by atoms with van der Waals surface area (Å²) in [5, 5.41) is 16.5. The van der Waals surface area contributed by atoms with E-state index in [0.29, 0.717) is 10.7 Å². The summed E-state index contributed by atoms with van der Waals surface area (Å²) in [4.78, 5) is 12.7. The summed E-state index contributed by atoms with van der Waals surface area (Å²) in [6, 6.07) is 7.71. The third kappa shape index (κ3) is 4.57. The highest BCUT2D eigenvalue weighted by Gasteiger charge is 2.30. The molecule has 0 saturated heterocycles. The highest BCUT2D eigenvalue weighted by atomic mass is 32.2. The van der Waals surface area contributed by atoms with E-state index < -0.39 is 11.5 Å².